The second kappa shape index (κ2) is 6.19. The van der Waals surface area contributed by atoms with Crippen LogP contribution in [0.3, 0.4) is 0 Å². The predicted molar refractivity (Wildman–Crippen MR) is 84.0 cm³/mol. The number of rotatable bonds is 3. The highest BCUT2D eigenvalue weighted by molar-refractivity contribution is 7.03. The van der Waals surface area contributed by atoms with E-state index in [9.17, 15) is 4.79 Å². The molecule has 0 radical (unpaired) electrons. The molecule has 1 fully saturated rings. The van der Waals surface area contributed by atoms with Gasteiger partial charge in [0.15, 0.2) is 0 Å². The third-order valence-corrected chi connectivity index (χ3v) is 4.09. The standard InChI is InChI=1S/C14H17N5OS/c1-18-5-7-19(8-6-18)11-2-3-13(15-10-11)16-14(20)12-4-9-21-17-12/h2-4,9-10H,5-8H2,1H3,(H,15,16,20). The van der Waals surface area contributed by atoms with E-state index in [1.54, 1.807) is 11.4 Å². The quantitative estimate of drug-likeness (QED) is 0.932. The topological polar surface area (TPSA) is 61.4 Å². The summed E-state index contributed by atoms with van der Waals surface area (Å²) in [5.41, 5.74) is 1.51. The molecule has 21 heavy (non-hydrogen) atoms. The van der Waals surface area contributed by atoms with Crippen LogP contribution in [0.25, 0.3) is 0 Å². The first-order valence-corrected chi connectivity index (χ1v) is 7.67. The minimum Gasteiger partial charge on any atom is -0.368 e. The molecular weight excluding hydrogens is 286 g/mol. The molecule has 3 rings (SSSR count). The van der Waals surface area contributed by atoms with E-state index in [0.717, 1.165) is 31.9 Å². The van der Waals surface area contributed by atoms with Gasteiger partial charge in [-0.25, -0.2) is 4.98 Å². The molecule has 0 atom stereocenters. The van der Waals surface area contributed by atoms with E-state index in [1.807, 2.05) is 18.3 Å². The lowest BCUT2D eigenvalue weighted by Gasteiger charge is -2.33. The summed E-state index contributed by atoms with van der Waals surface area (Å²) in [7, 11) is 2.13. The van der Waals surface area contributed by atoms with Gasteiger partial charge in [0, 0.05) is 31.6 Å². The molecule has 0 unspecified atom stereocenters. The van der Waals surface area contributed by atoms with Crippen LogP contribution in [0.4, 0.5) is 11.5 Å². The molecule has 1 aliphatic heterocycles. The average Bonchev–Trinajstić information content (AvgIpc) is 3.03. The minimum absolute atomic E-state index is 0.226. The smallest absolute Gasteiger partial charge is 0.276 e. The molecule has 2 aromatic heterocycles. The summed E-state index contributed by atoms with van der Waals surface area (Å²) < 4.78 is 4.00. The molecule has 0 aliphatic carbocycles. The van der Waals surface area contributed by atoms with Gasteiger partial charge in [0.1, 0.15) is 11.5 Å². The monoisotopic (exact) mass is 303 g/mol. The number of hydrogen-bond donors (Lipinski definition) is 1. The predicted octanol–water partition coefficient (Wildman–Crippen LogP) is 1.54. The van der Waals surface area contributed by atoms with Crippen molar-refractivity contribution in [3.05, 3.63) is 35.5 Å². The second-order valence-electron chi connectivity index (χ2n) is 5.03. The lowest BCUT2D eigenvalue weighted by molar-refractivity contribution is 0.102. The van der Waals surface area contributed by atoms with Gasteiger partial charge in [-0.15, -0.1) is 0 Å². The van der Waals surface area contributed by atoms with Crippen molar-refractivity contribution in [1.29, 1.82) is 0 Å². The number of piperazine rings is 1. The number of nitrogens with one attached hydrogen (secondary N) is 1. The Labute approximate surface area is 127 Å². The van der Waals surface area contributed by atoms with Gasteiger partial charge in [-0.05, 0) is 36.8 Å². The molecule has 6 nitrogen and oxygen atoms in total. The maximum absolute atomic E-state index is 11.9. The summed E-state index contributed by atoms with van der Waals surface area (Å²) in [6.07, 6.45) is 1.81. The molecule has 0 bridgehead atoms. The molecule has 7 heteroatoms. The van der Waals surface area contributed by atoms with Crippen molar-refractivity contribution in [2.24, 2.45) is 0 Å². The van der Waals surface area contributed by atoms with Crippen LogP contribution < -0.4 is 10.2 Å². The number of carbonyl (C=O) groups is 1. The average molecular weight is 303 g/mol. The van der Waals surface area contributed by atoms with E-state index >= 15 is 0 Å². The number of hydrogen-bond acceptors (Lipinski definition) is 6. The zero-order valence-electron chi connectivity index (χ0n) is 11.8. The highest BCUT2D eigenvalue weighted by atomic mass is 32.1. The molecule has 1 aliphatic rings. The number of amides is 1. The molecule has 0 aromatic carbocycles. The summed E-state index contributed by atoms with van der Waals surface area (Å²) in [6.45, 7) is 4.12. The Morgan fingerprint density at radius 3 is 2.67 bits per heavy atom. The lowest BCUT2D eigenvalue weighted by atomic mass is 10.3. The Morgan fingerprint density at radius 1 is 1.24 bits per heavy atom. The molecule has 0 spiro atoms. The van der Waals surface area contributed by atoms with E-state index in [2.05, 4.69) is 31.5 Å². The van der Waals surface area contributed by atoms with Crippen molar-refractivity contribution < 1.29 is 4.79 Å². The highest BCUT2D eigenvalue weighted by Crippen LogP contribution is 2.17. The van der Waals surface area contributed by atoms with E-state index < -0.39 is 0 Å². The number of aromatic nitrogens is 2. The second-order valence-corrected chi connectivity index (χ2v) is 5.70. The summed E-state index contributed by atoms with van der Waals surface area (Å²) in [5, 5.41) is 4.53. The van der Waals surface area contributed by atoms with Crippen LogP contribution in [0.2, 0.25) is 0 Å². The van der Waals surface area contributed by atoms with Crippen LogP contribution in [-0.2, 0) is 0 Å². The first kappa shape index (κ1) is 14.0. The van der Waals surface area contributed by atoms with Crippen molar-refractivity contribution in [3.8, 4) is 0 Å². The third-order valence-electron chi connectivity index (χ3n) is 3.53. The molecule has 3 heterocycles. The van der Waals surface area contributed by atoms with Gasteiger partial charge in [0.05, 0.1) is 11.9 Å². The number of nitrogens with zero attached hydrogens (tertiary/aromatic N) is 4. The molecule has 110 valence electrons. The van der Waals surface area contributed by atoms with Gasteiger partial charge >= 0.3 is 0 Å². The van der Waals surface area contributed by atoms with Crippen molar-refractivity contribution in [2.45, 2.75) is 0 Å². The summed E-state index contributed by atoms with van der Waals surface area (Å²) in [5.74, 6) is 0.321. The van der Waals surface area contributed by atoms with Gasteiger partial charge in [-0.3, -0.25) is 4.79 Å². The fourth-order valence-electron chi connectivity index (χ4n) is 2.22. The summed E-state index contributed by atoms with van der Waals surface area (Å²) in [6, 6.07) is 5.52. The van der Waals surface area contributed by atoms with Gasteiger partial charge < -0.3 is 15.1 Å². The number of pyridine rings is 1. The zero-order chi connectivity index (χ0) is 14.7. The molecule has 1 saturated heterocycles. The number of anilines is 2. The first-order chi connectivity index (χ1) is 10.2. The van der Waals surface area contributed by atoms with Crippen LogP contribution >= 0.6 is 11.5 Å². The van der Waals surface area contributed by atoms with E-state index in [0.29, 0.717) is 11.5 Å². The van der Waals surface area contributed by atoms with E-state index in [-0.39, 0.29) is 5.91 Å². The van der Waals surface area contributed by atoms with Crippen LogP contribution in [0.1, 0.15) is 10.5 Å². The summed E-state index contributed by atoms with van der Waals surface area (Å²) >= 11 is 1.26. The molecule has 1 N–H and O–H groups in total. The largest absolute Gasteiger partial charge is 0.368 e. The van der Waals surface area contributed by atoms with Crippen molar-refractivity contribution in [2.75, 3.05) is 43.4 Å². The van der Waals surface area contributed by atoms with Crippen molar-refractivity contribution >= 4 is 28.9 Å². The number of likely N-dealkylation sites (N-methyl/N-ethyl adjacent to an activating group) is 1. The minimum atomic E-state index is -0.226. The molecule has 1 amide bonds. The van der Waals surface area contributed by atoms with Gasteiger partial charge in [-0.2, -0.15) is 4.37 Å². The fraction of sp³-hybridized carbons (Fsp3) is 0.357. The van der Waals surface area contributed by atoms with Crippen LogP contribution in [-0.4, -0.2) is 53.4 Å². The van der Waals surface area contributed by atoms with Crippen LogP contribution in [0, 0.1) is 0 Å². The van der Waals surface area contributed by atoms with E-state index in [4.69, 9.17) is 0 Å². The normalized spacial score (nSPS) is 16.0. The van der Waals surface area contributed by atoms with Crippen molar-refractivity contribution in [3.63, 3.8) is 0 Å². The van der Waals surface area contributed by atoms with E-state index in [1.165, 1.54) is 11.5 Å². The van der Waals surface area contributed by atoms with Gasteiger partial charge in [0.2, 0.25) is 0 Å². The Bertz CT molecular complexity index is 590. The first-order valence-electron chi connectivity index (χ1n) is 6.83. The Hall–Kier alpha value is -1.99. The van der Waals surface area contributed by atoms with Gasteiger partial charge in [0.25, 0.3) is 5.91 Å². The van der Waals surface area contributed by atoms with Crippen LogP contribution in [0.5, 0.6) is 0 Å². The SMILES string of the molecule is CN1CCN(c2ccc(NC(=O)c3ccsn3)nc2)CC1. The van der Waals surface area contributed by atoms with Crippen LogP contribution in [0.15, 0.2) is 29.8 Å². The zero-order valence-corrected chi connectivity index (χ0v) is 12.6. The Balaban J connectivity index is 1.63. The maximum atomic E-state index is 11.9. The van der Waals surface area contributed by atoms with Gasteiger partial charge in [-0.1, -0.05) is 0 Å². The summed E-state index contributed by atoms with van der Waals surface area (Å²) in [4.78, 5) is 20.8. The number of carbonyl (C=O) groups excluding carboxylic acids is 1. The van der Waals surface area contributed by atoms with Crippen molar-refractivity contribution in [1.82, 2.24) is 14.3 Å². The lowest BCUT2D eigenvalue weighted by Crippen LogP contribution is -2.44. The molecule has 0 saturated carbocycles. The fourth-order valence-corrected chi connectivity index (χ4v) is 2.73. The third kappa shape index (κ3) is 3.37. The Morgan fingerprint density at radius 2 is 2.05 bits per heavy atom. The maximum Gasteiger partial charge on any atom is 0.276 e. The highest BCUT2D eigenvalue weighted by Gasteiger charge is 2.15. The molecule has 2 aromatic rings. The Kier molecular flexibility index (Phi) is 4.12. The molecular formula is C14H17N5OS.